The number of nitrogens with zero attached hydrogens (tertiary/aromatic N) is 4. The largest absolute Gasteiger partial charge is 0.493 e. The van der Waals surface area contributed by atoms with Crippen LogP contribution < -0.4 is 28.4 Å². The van der Waals surface area contributed by atoms with Crippen LogP contribution in [0.15, 0.2) is 89.1 Å². The maximum atomic E-state index is 13.8. The van der Waals surface area contributed by atoms with Gasteiger partial charge in [-0.1, -0.05) is 35.9 Å². The maximum absolute atomic E-state index is 13.8. The summed E-state index contributed by atoms with van der Waals surface area (Å²) < 4.78 is 34.6. The Morgan fingerprint density at radius 2 is 1.18 bits per heavy atom. The molecule has 0 N–H and O–H groups in total. The van der Waals surface area contributed by atoms with E-state index in [0.717, 1.165) is 22.3 Å². The van der Waals surface area contributed by atoms with Crippen LogP contribution in [-0.2, 0) is 0 Å². The molecule has 12 heteroatoms. The smallest absolute Gasteiger partial charge is 0.260 e. The number of carbonyl (C=O) groups is 2. The molecular weight excluding hydrogens is 700 g/mol. The number of aryl methyl sites for hydroxylation is 1. The summed E-state index contributed by atoms with van der Waals surface area (Å²) in [5.41, 5.74) is 7.28. The summed E-state index contributed by atoms with van der Waals surface area (Å²) in [6, 6.07) is 20.6. The number of carbonyl (C=O) groups excluding carboxylic acids is 2. The minimum atomic E-state index is -0.229. The van der Waals surface area contributed by atoms with Gasteiger partial charge in [-0.25, -0.2) is 0 Å². The number of amides is 2. The highest BCUT2D eigenvalue weighted by Gasteiger charge is 2.35. The van der Waals surface area contributed by atoms with Crippen molar-refractivity contribution in [3.05, 3.63) is 107 Å². The van der Waals surface area contributed by atoms with E-state index in [1.165, 1.54) is 5.56 Å². The summed E-state index contributed by atoms with van der Waals surface area (Å²) in [5.74, 6) is 2.93. The third-order valence-electron chi connectivity index (χ3n) is 10.4. The lowest BCUT2D eigenvalue weighted by atomic mass is 10.0. The molecule has 5 aliphatic rings. The van der Waals surface area contributed by atoms with Crippen molar-refractivity contribution in [3.8, 4) is 34.5 Å². The van der Waals surface area contributed by atoms with Crippen molar-refractivity contribution in [2.45, 2.75) is 38.3 Å². The van der Waals surface area contributed by atoms with Gasteiger partial charge in [-0.05, 0) is 53.5 Å². The van der Waals surface area contributed by atoms with Crippen LogP contribution in [0.3, 0.4) is 0 Å². The zero-order valence-corrected chi connectivity index (χ0v) is 30.6. The van der Waals surface area contributed by atoms with E-state index >= 15 is 0 Å². The Balaban J connectivity index is 0.844. The molecule has 0 radical (unpaired) electrons. The molecule has 55 heavy (non-hydrogen) atoms. The minimum Gasteiger partial charge on any atom is -0.493 e. The van der Waals surface area contributed by atoms with E-state index in [4.69, 9.17) is 38.4 Å². The molecule has 9 rings (SSSR count). The summed E-state index contributed by atoms with van der Waals surface area (Å²) in [7, 11) is 3.09. The molecule has 0 spiro atoms. The van der Waals surface area contributed by atoms with Gasteiger partial charge in [0.25, 0.3) is 11.8 Å². The molecule has 4 aromatic carbocycles. The number of fused-ring (bicyclic) bond motifs is 5. The zero-order chi connectivity index (χ0) is 37.6. The van der Waals surface area contributed by atoms with Gasteiger partial charge in [0.05, 0.1) is 62.0 Å². The third-order valence-corrected chi connectivity index (χ3v) is 10.4. The fourth-order valence-electron chi connectivity index (χ4n) is 7.43. The van der Waals surface area contributed by atoms with Crippen molar-refractivity contribution in [1.82, 2.24) is 9.80 Å². The summed E-state index contributed by atoms with van der Waals surface area (Å²) in [4.78, 5) is 40.4. The lowest BCUT2D eigenvalue weighted by Gasteiger charge is -2.19. The van der Waals surface area contributed by atoms with E-state index in [9.17, 15) is 9.59 Å². The second kappa shape index (κ2) is 14.0. The van der Waals surface area contributed by atoms with Gasteiger partial charge >= 0.3 is 0 Å². The molecule has 0 aliphatic carbocycles. The Bertz CT molecular complexity index is 2350. The average molecular weight is 739 g/mol. The quantitative estimate of drug-likeness (QED) is 0.153. The monoisotopic (exact) mass is 738 g/mol. The minimum absolute atomic E-state index is 0.138. The highest BCUT2D eigenvalue weighted by Crippen LogP contribution is 2.43. The molecule has 278 valence electrons. The van der Waals surface area contributed by atoms with Crippen molar-refractivity contribution < 1.29 is 38.0 Å². The number of benzene rings is 4. The Hall–Kier alpha value is -6.56. The molecule has 0 fully saturated rings. The predicted molar refractivity (Wildman–Crippen MR) is 207 cm³/mol. The second-order valence-corrected chi connectivity index (χ2v) is 13.9. The summed E-state index contributed by atoms with van der Waals surface area (Å²) >= 11 is 0. The summed E-state index contributed by atoms with van der Waals surface area (Å²) in [5, 5.41) is 0. The van der Waals surface area contributed by atoms with Crippen molar-refractivity contribution >= 4 is 46.8 Å². The van der Waals surface area contributed by atoms with Gasteiger partial charge in [0.2, 0.25) is 6.79 Å². The van der Waals surface area contributed by atoms with Crippen LogP contribution in [0.2, 0.25) is 0 Å². The van der Waals surface area contributed by atoms with E-state index < -0.39 is 0 Å². The van der Waals surface area contributed by atoms with Crippen molar-refractivity contribution in [2.24, 2.45) is 9.98 Å². The van der Waals surface area contributed by atoms with Crippen LogP contribution in [0.5, 0.6) is 34.5 Å². The second-order valence-electron chi connectivity index (χ2n) is 13.9. The van der Waals surface area contributed by atoms with E-state index in [-0.39, 0.29) is 30.7 Å². The average Bonchev–Trinajstić information content (AvgIpc) is 3.94. The van der Waals surface area contributed by atoms with Gasteiger partial charge in [-0.2, -0.15) is 0 Å². The van der Waals surface area contributed by atoms with E-state index in [1.807, 2.05) is 36.8 Å². The van der Waals surface area contributed by atoms with Crippen LogP contribution in [-0.4, -0.2) is 80.4 Å². The molecule has 5 aliphatic heterocycles. The van der Waals surface area contributed by atoms with Crippen LogP contribution >= 0.6 is 0 Å². The Labute approximate surface area is 317 Å². The maximum Gasteiger partial charge on any atom is 0.260 e. The number of ether oxygens (including phenoxy) is 6. The molecular formula is C43H38N4O8. The van der Waals surface area contributed by atoms with Crippen molar-refractivity contribution in [2.75, 3.05) is 34.2 Å². The van der Waals surface area contributed by atoms with Crippen LogP contribution in [0.25, 0.3) is 11.1 Å². The van der Waals surface area contributed by atoms with E-state index in [0.29, 0.717) is 89.5 Å². The first-order valence-electron chi connectivity index (χ1n) is 18.2. The number of rotatable bonds is 10. The topological polar surface area (TPSA) is 121 Å². The number of methoxy groups -OCH3 is 2. The van der Waals surface area contributed by atoms with Crippen LogP contribution in [0, 0.1) is 6.92 Å². The van der Waals surface area contributed by atoms with Crippen molar-refractivity contribution in [1.29, 1.82) is 0 Å². The van der Waals surface area contributed by atoms with Gasteiger partial charge < -0.3 is 38.2 Å². The first-order valence-corrected chi connectivity index (χ1v) is 18.2. The number of hydrogen-bond donors (Lipinski definition) is 0. The third kappa shape index (κ3) is 6.33. The number of hydrogen-bond acceptors (Lipinski definition) is 10. The molecule has 2 atom stereocenters. The normalized spacial score (nSPS) is 18.8. The van der Waals surface area contributed by atoms with E-state index in [1.54, 1.807) is 54.5 Å². The molecule has 0 saturated carbocycles. The van der Waals surface area contributed by atoms with Gasteiger partial charge in [-0.15, -0.1) is 0 Å². The molecule has 5 heterocycles. The summed E-state index contributed by atoms with van der Waals surface area (Å²) in [6.45, 7) is 2.87. The lowest BCUT2D eigenvalue weighted by molar-refractivity contribution is 0.0809. The van der Waals surface area contributed by atoms with Gasteiger partial charge in [0.1, 0.15) is 0 Å². The zero-order valence-electron chi connectivity index (χ0n) is 30.6. The molecule has 2 amide bonds. The molecule has 4 aromatic rings. The van der Waals surface area contributed by atoms with Crippen molar-refractivity contribution in [3.63, 3.8) is 0 Å². The van der Waals surface area contributed by atoms with Crippen LogP contribution in [0.4, 0.5) is 11.4 Å². The van der Waals surface area contributed by atoms with Crippen LogP contribution in [0.1, 0.15) is 56.7 Å². The Kier molecular flexibility index (Phi) is 8.72. The van der Waals surface area contributed by atoms with Gasteiger partial charge in [-0.3, -0.25) is 19.6 Å². The van der Waals surface area contributed by atoms with E-state index in [2.05, 4.69) is 31.2 Å². The fraction of sp³-hybridized carbons (Fsp3) is 0.256. The number of aliphatic imine (C=N–C) groups is 2. The SMILES string of the molecule is COc1cc2c(cc1OCCCOc1cc3c(cc1OC)C(=O)N1C=C(c4ccc5c(c4)OCO5)C[C@H]1C=N3)N=C[C@@H]1CC(c3ccc(C)cc3)=CN1C2=O. The lowest BCUT2D eigenvalue weighted by Crippen LogP contribution is -2.32. The van der Waals surface area contributed by atoms with Gasteiger partial charge in [0, 0.05) is 56.2 Å². The fourth-order valence-corrected chi connectivity index (χ4v) is 7.43. The standard InChI is InChI=1S/C43H38N4O8/c1-25-5-7-26(8-6-25)28-13-30-20-44-34-18-40(37(50-2)16-32(34)42(48)46(30)22-28)52-11-4-12-53-41-19-35-33(17-38(41)51-3)43(49)47-23-29(14-31(47)21-45-35)27-9-10-36-39(15-27)55-24-54-36/h5-10,15-23,30-31H,4,11-14,24H2,1-3H3/t30-,31-/m0/s1. The molecule has 0 saturated heterocycles. The molecule has 0 unspecified atom stereocenters. The molecule has 12 nitrogen and oxygen atoms in total. The first kappa shape index (κ1) is 34.2. The molecule has 0 aromatic heterocycles. The summed E-state index contributed by atoms with van der Waals surface area (Å²) in [6.07, 6.45) is 9.27. The highest BCUT2D eigenvalue weighted by molar-refractivity contribution is 6.06. The Morgan fingerprint density at radius 3 is 1.75 bits per heavy atom. The van der Waals surface area contributed by atoms with Gasteiger partial charge in [0.15, 0.2) is 34.5 Å². The molecule has 0 bridgehead atoms. The first-order chi connectivity index (χ1) is 26.9. The Morgan fingerprint density at radius 1 is 0.655 bits per heavy atom. The predicted octanol–water partition coefficient (Wildman–Crippen LogP) is 7.53. The highest BCUT2D eigenvalue weighted by atomic mass is 16.7.